The Kier molecular flexibility index (Phi) is 8.67. The molecule has 0 unspecified atom stereocenters. The average molecular weight is 475 g/mol. The maximum Gasteiger partial charge on any atom is 0.407 e. The summed E-state index contributed by atoms with van der Waals surface area (Å²) in [7, 11) is 4.19. The number of fused-ring (bicyclic) bond motifs is 3. The Morgan fingerprint density at radius 1 is 0.912 bits per heavy atom. The van der Waals surface area contributed by atoms with Crippen molar-refractivity contribution in [2.24, 2.45) is 0 Å². The summed E-state index contributed by atoms with van der Waals surface area (Å²) in [4.78, 5) is 16.3. The summed E-state index contributed by atoms with van der Waals surface area (Å²) in [6, 6.07) is 27.3. The molecule has 1 amide bonds. The number of rotatable bonds is 11. The van der Waals surface area contributed by atoms with Gasteiger partial charge in [-0.05, 0) is 67.9 Å². The summed E-state index contributed by atoms with van der Waals surface area (Å²) in [5, 5.41) is 3.15. The zero-order chi connectivity index (χ0) is 23.8. The maximum absolute atomic E-state index is 12.8. The molecule has 0 saturated carbocycles. The lowest BCUT2D eigenvalue weighted by atomic mass is 9.98. The van der Waals surface area contributed by atoms with Gasteiger partial charge in [-0.3, -0.25) is 0 Å². The topological polar surface area (TPSA) is 41.6 Å². The van der Waals surface area contributed by atoms with Crippen LogP contribution >= 0.6 is 11.8 Å². The lowest BCUT2D eigenvalue weighted by Crippen LogP contribution is -2.37. The van der Waals surface area contributed by atoms with Gasteiger partial charge >= 0.3 is 6.09 Å². The van der Waals surface area contributed by atoms with Crippen LogP contribution in [0.2, 0.25) is 0 Å². The minimum absolute atomic E-state index is 0.0722. The second kappa shape index (κ2) is 12.1. The molecule has 4 rings (SSSR count). The highest BCUT2D eigenvalue weighted by Crippen LogP contribution is 2.44. The van der Waals surface area contributed by atoms with Crippen LogP contribution in [0.4, 0.5) is 4.79 Å². The second-order valence-electron chi connectivity index (χ2n) is 9.09. The first-order chi connectivity index (χ1) is 16.6. The zero-order valence-electron chi connectivity index (χ0n) is 20.1. The molecule has 3 aromatic carbocycles. The van der Waals surface area contributed by atoms with Gasteiger partial charge in [0, 0.05) is 22.6 Å². The Bertz CT molecular complexity index is 1020. The molecule has 0 saturated heterocycles. The number of amides is 1. The predicted molar refractivity (Wildman–Crippen MR) is 142 cm³/mol. The van der Waals surface area contributed by atoms with Crippen LogP contribution in [0.5, 0.6) is 0 Å². The molecule has 1 N–H and O–H groups in total. The molecule has 5 heteroatoms. The first-order valence-electron chi connectivity index (χ1n) is 12.1. The number of nitrogens with zero attached hydrogens (tertiary/aromatic N) is 1. The van der Waals surface area contributed by atoms with E-state index in [2.05, 4.69) is 85.0 Å². The van der Waals surface area contributed by atoms with Gasteiger partial charge in [0.15, 0.2) is 0 Å². The molecule has 0 fully saturated rings. The van der Waals surface area contributed by atoms with E-state index >= 15 is 0 Å². The van der Waals surface area contributed by atoms with E-state index in [4.69, 9.17) is 4.74 Å². The fraction of sp³-hybridized carbons (Fsp3) is 0.345. The molecule has 1 aliphatic carbocycles. The van der Waals surface area contributed by atoms with E-state index in [1.54, 1.807) is 11.8 Å². The number of thioether (sulfide) groups is 1. The van der Waals surface area contributed by atoms with Crippen LogP contribution in [-0.4, -0.2) is 50.0 Å². The number of carbonyl (C=O) groups is 1. The van der Waals surface area contributed by atoms with E-state index < -0.39 is 0 Å². The SMILES string of the molecule is CN(C)CCCC[C@H](CSc1ccccc1)NC(=O)OCC1c2ccccc2-c2ccccc21. The minimum Gasteiger partial charge on any atom is -0.449 e. The molecular weight excluding hydrogens is 440 g/mol. The summed E-state index contributed by atoms with van der Waals surface area (Å²) < 4.78 is 5.80. The van der Waals surface area contributed by atoms with Crippen LogP contribution in [0.25, 0.3) is 11.1 Å². The summed E-state index contributed by atoms with van der Waals surface area (Å²) in [5.74, 6) is 0.909. The van der Waals surface area contributed by atoms with Crippen LogP contribution in [0.15, 0.2) is 83.8 Å². The van der Waals surface area contributed by atoms with Crippen molar-refractivity contribution >= 4 is 17.9 Å². The highest BCUT2D eigenvalue weighted by Gasteiger charge is 2.29. The predicted octanol–water partition coefficient (Wildman–Crippen LogP) is 6.42. The lowest BCUT2D eigenvalue weighted by Gasteiger charge is -2.20. The molecular formula is C29H34N2O2S. The Labute approximate surface area is 207 Å². The van der Waals surface area contributed by atoms with E-state index in [-0.39, 0.29) is 18.1 Å². The van der Waals surface area contributed by atoms with Crippen molar-refractivity contribution in [2.45, 2.75) is 36.1 Å². The fourth-order valence-corrected chi connectivity index (χ4v) is 5.53. The van der Waals surface area contributed by atoms with Gasteiger partial charge in [0.2, 0.25) is 0 Å². The van der Waals surface area contributed by atoms with E-state index in [1.165, 1.54) is 27.1 Å². The van der Waals surface area contributed by atoms with Gasteiger partial charge in [0.1, 0.15) is 6.61 Å². The van der Waals surface area contributed by atoms with Gasteiger partial charge in [-0.2, -0.15) is 0 Å². The summed E-state index contributed by atoms with van der Waals surface area (Å²) in [6.07, 6.45) is 2.80. The summed E-state index contributed by atoms with van der Waals surface area (Å²) in [5.41, 5.74) is 4.95. The number of hydrogen-bond donors (Lipinski definition) is 1. The molecule has 0 spiro atoms. The van der Waals surface area contributed by atoms with Gasteiger partial charge in [-0.15, -0.1) is 11.8 Å². The first kappa shape index (κ1) is 24.4. The Morgan fingerprint density at radius 3 is 2.18 bits per heavy atom. The molecule has 0 heterocycles. The highest BCUT2D eigenvalue weighted by molar-refractivity contribution is 7.99. The molecule has 0 aromatic heterocycles. The molecule has 0 radical (unpaired) electrons. The van der Waals surface area contributed by atoms with Crippen molar-refractivity contribution in [3.05, 3.63) is 90.0 Å². The fourth-order valence-electron chi connectivity index (χ4n) is 4.54. The van der Waals surface area contributed by atoms with Gasteiger partial charge in [-0.1, -0.05) is 73.2 Å². The quantitative estimate of drug-likeness (QED) is 0.257. The number of alkyl carbamates (subject to hydrolysis) is 1. The van der Waals surface area contributed by atoms with Gasteiger partial charge in [-0.25, -0.2) is 4.79 Å². The normalized spacial score (nSPS) is 13.4. The van der Waals surface area contributed by atoms with Gasteiger partial charge in [0.25, 0.3) is 0 Å². The number of benzene rings is 3. The smallest absolute Gasteiger partial charge is 0.407 e. The molecule has 0 bridgehead atoms. The minimum atomic E-state index is -0.326. The number of unbranched alkanes of at least 4 members (excludes halogenated alkanes) is 1. The molecule has 1 aliphatic rings. The third kappa shape index (κ3) is 6.43. The van der Waals surface area contributed by atoms with E-state index in [1.807, 2.05) is 18.2 Å². The lowest BCUT2D eigenvalue weighted by molar-refractivity contribution is 0.139. The van der Waals surface area contributed by atoms with Crippen molar-refractivity contribution in [1.29, 1.82) is 0 Å². The molecule has 3 aromatic rings. The van der Waals surface area contributed by atoms with Crippen LogP contribution in [0.3, 0.4) is 0 Å². The van der Waals surface area contributed by atoms with Crippen molar-refractivity contribution < 1.29 is 9.53 Å². The Morgan fingerprint density at radius 2 is 1.53 bits per heavy atom. The third-order valence-corrected chi connectivity index (χ3v) is 7.44. The third-order valence-electron chi connectivity index (χ3n) is 6.27. The molecule has 4 nitrogen and oxygen atoms in total. The monoisotopic (exact) mass is 474 g/mol. The van der Waals surface area contributed by atoms with E-state index in [0.29, 0.717) is 6.61 Å². The molecule has 0 aliphatic heterocycles. The first-order valence-corrected chi connectivity index (χ1v) is 13.0. The second-order valence-corrected chi connectivity index (χ2v) is 10.2. The number of ether oxygens (including phenoxy) is 1. The number of carbonyl (C=O) groups excluding carboxylic acids is 1. The number of hydrogen-bond acceptors (Lipinski definition) is 4. The Balaban J connectivity index is 1.35. The highest BCUT2D eigenvalue weighted by atomic mass is 32.2. The van der Waals surface area contributed by atoms with Crippen molar-refractivity contribution in [3.8, 4) is 11.1 Å². The van der Waals surface area contributed by atoms with Gasteiger partial charge in [0.05, 0.1) is 0 Å². The largest absolute Gasteiger partial charge is 0.449 e. The van der Waals surface area contributed by atoms with Crippen molar-refractivity contribution in [1.82, 2.24) is 10.2 Å². The number of nitrogens with one attached hydrogen (secondary N) is 1. The van der Waals surface area contributed by atoms with Crippen LogP contribution in [-0.2, 0) is 4.74 Å². The molecule has 1 atom stereocenters. The molecule has 178 valence electrons. The summed E-state index contributed by atoms with van der Waals surface area (Å²) >= 11 is 1.78. The maximum atomic E-state index is 12.8. The van der Waals surface area contributed by atoms with E-state index in [9.17, 15) is 4.79 Å². The van der Waals surface area contributed by atoms with Crippen molar-refractivity contribution in [3.63, 3.8) is 0 Å². The van der Waals surface area contributed by atoms with E-state index in [0.717, 1.165) is 31.6 Å². The standard InChI is InChI=1S/C29H34N2O2S/c1-31(2)19-11-10-12-22(21-34-23-13-4-3-5-14-23)30-29(32)33-20-28-26-17-8-6-15-24(26)25-16-7-9-18-27(25)28/h3-9,13-18,22,28H,10-12,19-21H2,1-2H3,(H,30,32)/t22-/m1/s1. The molecule has 34 heavy (non-hydrogen) atoms. The van der Waals surface area contributed by atoms with Crippen LogP contribution < -0.4 is 5.32 Å². The van der Waals surface area contributed by atoms with Crippen LogP contribution in [0.1, 0.15) is 36.3 Å². The van der Waals surface area contributed by atoms with Crippen molar-refractivity contribution in [2.75, 3.05) is 33.0 Å². The van der Waals surface area contributed by atoms with Crippen LogP contribution in [0, 0.1) is 0 Å². The summed E-state index contributed by atoms with van der Waals surface area (Å²) in [6.45, 7) is 1.41. The average Bonchev–Trinajstić information content (AvgIpc) is 3.18. The Hall–Kier alpha value is -2.76. The zero-order valence-corrected chi connectivity index (χ0v) is 20.9. The van der Waals surface area contributed by atoms with Gasteiger partial charge < -0.3 is 15.0 Å².